The van der Waals surface area contributed by atoms with Crippen LogP contribution in [-0.2, 0) is 14.4 Å². The summed E-state index contributed by atoms with van der Waals surface area (Å²) in [5.41, 5.74) is 0. The fraction of sp³-hybridized carbons (Fsp3) is 0.727. The summed E-state index contributed by atoms with van der Waals surface area (Å²) in [6, 6.07) is -0.782. The minimum Gasteiger partial charge on any atom is -0.481 e. The molecule has 94 valence electrons. The molecule has 2 atom stereocenters. The molecule has 2 rings (SSSR count). The van der Waals surface area contributed by atoms with E-state index in [-0.39, 0.29) is 30.2 Å². The molecule has 1 heterocycles. The van der Waals surface area contributed by atoms with E-state index in [0.29, 0.717) is 12.8 Å². The van der Waals surface area contributed by atoms with Crippen LogP contribution in [0.15, 0.2) is 0 Å². The molecular formula is C11H16N2O4. The van der Waals surface area contributed by atoms with Crippen molar-refractivity contribution in [1.82, 2.24) is 10.6 Å². The third kappa shape index (κ3) is 3.18. The van der Waals surface area contributed by atoms with Gasteiger partial charge in [0, 0.05) is 12.5 Å². The van der Waals surface area contributed by atoms with Crippen molar-refractivity contribution in [2.24, 2.45) is 5.92 Å². The lowest BCUT2D eigenvalue weighted by atomic mass is 10.1. The van der Waals surface area contributed by atoms with Crippen molar-refractivity contribution < 1.29 is 19.5 Å². The van der Waals surface area contributed by atoms with Gasteiger partial charge >= 0.3 is 5.97 Å². The van der Waals surface area contributed by atoms with E-state index in [1.807, 2.05) is 0 Å². The molecule has 3 N–H and O–H groups in total. The number of carboxylic acids is 1. The van der Waals surface area contributed by atoms with Crippen LogP contribution < -0.4 is 10.6 Å². The molecule has 0 bridgehead atoms. The lowest BCUT2D eigenvalue weighted by Gasteiger charge is -2.18. The van der Waals surface area contributed by atoms with Crippen LogP contribution in [0.5, 0.6) is 0 Å². The van der Waals surface area contributed by atoms with E-state index < -0.39 is 12.0 Å². The van der Waals surface area contributed by atoms with Gasteiger partial charge in [-0.15, -0.1) is 0 Å². The first-order chi connectivity index (χ1) is 8.06. The van der Waals surface area contributed by atoms with Crippen LogP contribution in [0.3, 0.4) is 0 Å². The summed E-state index contributed by atoms with van der Waals surface area (Å²) in [4.78, 5) is 33.5. The number of hydrogen-bond donors (Lipinski definition) is 3. The van der Waals surface area contributed by atoms with Gasteiger partial charge in [-0.25, -0.2) is 0 Å². The average molecular weight is 240 g/mol. The standard InChI is InChI=1S/C11H16N2O4/c14-9-4-3-7(12-9)11(17)13-8(5-10(15)16)6-1-2-6/h6-8H,1-5H2,(H,12,14)(H,13,17)(H,15,16)/t7-,8?/m1/s1. The van der Waals surface area contributed by atoms with E-state index in [2.05, 4.69) is 10.6 Å². The molecular weight excluding hydrogens is 224 g/mol. The molecule has 2 fully saturated rings. The summed E-state index contributed by atoms with van der Waals surface area (Å²) in [5, 5.41) is 14.1. The van der Waals surface area contributed by atoms with Crippen LogP contribution in [0, 0.1) is 5.92 Å². The number of rotatable bonds is 5. The van der Waals surface area contributed by atoms with E-state index >= 15 is 0 Å². The first kappa shape index (κ1) is 11.9. The van der Waals surface area contributed by atoms with Gasteiger partial charge in [-0.2, -0.15) is 0 Å². The molecule has 2 aliphatic rings. The van der Waals surface area contributed by atoms with Gasteiger partial charge in [0.25, 0.3) is 0 Å². The molecule has 1 aliphatic heterocycles. The highest BCUT2D eigenvalue weighted by molar-refractivity contribution is 5.91. The van der Waals surface area contributed by atoms with Crippen LogP contribution in [0.1, 0.15) is 32.1 Å². The largest absolute Gasteiger partial charge is 0.481 e. The summed E-state index contributed by atoms with van der Waals surface area (Å²) in [6.07, 6.45) is 2.75. The molecule has 0 spiro atoms. The Morgan fingerprint density at radius 3 is 2.59 bits per heavy atom. The Hall–Kier alpha value is -1.59. The fourth-order valence-electron chi connectivity index (χ4n) is 2.12. The molecule has 0 radical (unpaired) electrons. The molecule has 1 aliphatic carbocycles. The van der Waals surface area contributed by atoms with E-state index in [0.717, 1.165) is 12.8 Å². The van der Waals surface area contributed by atoms with E-state index in [9.17, 15) is 14.4 Å². The predicted molar refractivity (Wildman–Crippen MR) is 58.1 cm³/mol. The second-order valence-corrected chi connectivity index (χ2v) is 4.71. The molecule has 0 aromatic heterocycles. The van der Waals surface area contributed by atoms with Crippen LogP contribution >= 0.6 is 0 Å². The third-order valence-electron chi connectivity index (χ3n) is 3.23. The summed E-state index contributed by atoms with van der Waals surface area (Å²) in [6.45, 7) is 0. The maximum atomic E-state index is 11.8. The fourth-order valence-corrected chi connectivity index (χ4v) is 2.12. The SMILES string of the molecule is O=C(O)CC(NC(=O)[C@H]1CCC(=O)N1)C1CC1. The maximum Gasteiger partial charge on any atom is 0.305 e. The van der Waals surface area contributed by atoms with Crippen molar-refractivity contribution in [1.29, 1.82) is 0 Å². The molecule has 0 aromatic carbocycles. The molecule has 1 saturated carbocycles. The highest BCUT2D eigenvalue weighted by Crippen LogP contribution is 2.34. The quantitative estimate of drug-likeness (QED) is 0.611. The Balaban J connectivity index is 1.86. The van der Waals surface area contributed by atoms with Gasteiger partial charge in [0.1, 0.15) is 6.04 Å². The molecule has 6 nitrogen and oxygen atoms in total. The number of carbonyl (C=O) groups is 3. The minimum atomic E-state index is -0.905. The Labute approximate surface area is 98.8 Å². The molecule has 17 heavy (non-hydrogen) atoms. The van der Waals surface area contributed by atoms with Crippen molar-refractivity contribution in [2.75, 3.05) is 0 Å². The molecule has 1 saturated heterocycles. The van der Waals surface area contributed by atoms with E-state index in [1.165, 1.54) is 0 Å². The number of carbonyl (C=O) groups excluding carboxylic acids is 2. The Morgan fingerprint density at radius 2 is 2.12 bits per heavy atom. The normalized spacial score (nSPS) is 25.2. The zero-order valence-corrected chi connectivity index (χ0v) is 9.44. The maximum absolute atomic E-state index is 11.8. The number of nitrogens with one attached hydrogen (secondary N) is 2. The van der Waals surface area contributed by atoms with Crippen molar-refractivity contribution in [3.63, 3.8) is 0 Å². The van der Waals surface area contributed by atoms with Crippen molar-refractivity contribution in [3.05, 3.63) is 0 Å². The number of amides is 2. The van der Waals surface area contributed by atoms with Gasteiger partial charge in [-0.3, -0.25) is 14.4 Å². The molecule has 0 aromatic rings. The smallest absolute Gasteiger partial charge is 0.305 e. The van der Waals surface area contributed by atoms with Crippen molar-refractivity contribution in [3.8, 4) is 0 Å². The van der Waals surface area contributed by atoms with Gasteiger partial charge in [-0.05, 0) is 25.2 Å². The van der Waals surface area contributed by atoms with Gasteiger partial charge < -0.3 is 15.7 Å². The van der Waals surface area contributed by atoms with Crippen LogP contribution in [-0.4, -0.2) is 35.0 Å². The molecule has 1 unspecified atom stereocenters. The second kappa shape index (κ2) is 4.73. The van der Waals surface area contributed by atoms with Crippen LogP contribution in [0.4, 0.5) is 0 Å². The third-order valence-corrected chi connectivity index (χ3v) is 3.23. The number of hydrogen-bond acceptors (Lipinski definition) is 3. The summed E-state index contributed by atoms with van der Waals surface area (Å²) < 4.78 is 0. The summed E-state index contributed by atoms with van der Waals surface area (Å²) in [5.74, 6) is -0.995. The van der Waals surface area contributed by atoms with Gasteiger partial charge in [0.05, 0.1) is 6.42 Å². The zero-order valence-electron chi connectivity index (χ0n) is 9.44. The van der Waals surface area contributed by atoms with Crippen molar-refractivity contribution >= 4 is 17.8 Å². The van der Waals surface area contributed by atoms with Gasteiger partial charge in [-0.1, -0.05) is 0 Å². The molecule has 6 heteroatoms. The first-order valence-corrected chi connectivity index (χ1v) is 5.88. The lowest BCUT2D eigenvalue weighted by Crippen LogP contribution is -2.47. The van der Waals surface area contributed by atoms with Gasteiger partial charge in [0.2, 0.25) is 11.8 Å². The Kier molecular flexibility index (Phi) is 3.31. The topological polar surface area (TPSA) is 95.5 Å². The number of aliphatic carboxylic acids is 1. The van der Waals surface area contributed by atoms with E-state index in [4.69, 9.17) is 5.11 Å². The second-order valence-electron chi connectivity index (χ2n) is 4.71. The lowest BCUT2D eigenvalue weighted by molar-refractivity contribution is -0.138. The zero-order chi connectivity index (χ0) is 12.4. The monoisotopic (exact) mass is 240 g/mol. The highest BCUT2D eigenvalue weighted by atomic mass is 16.4. The van der Waals surface area contributed by atoms with E-state index in [1.54, 1.807) is 0 Å². The Morgan fingerprint density at radius 1 is 1.41 bits per heavy atom. The van der Waals surface area contributed by atoms with Gasteiger partial charge in [0.15, 0.2) is 0 Å². The number of carboxylic acid groups (broad SMARTS) is 1. The van der Waals surface area contributed by atoms with Crippen LogP contribution in [0.25, 0.3) is 0 Å². The summed E-state index contributed by atoms with van der Waals surface area (Å²) in [7, 11) is 0. The van der Waals surface area contributed by atoms with Crippen molar-refractivity contribution in [2.45, 2.75) is 44.2 Å². The average Bonchev–Trinajstić information content (AvgIpc) is 2.99. The summed E-state index contributed by atoms with van der Waals surface area (Å²) >= 11 is 0. The minimum absolute atomic E-state index is 0.0446. The first-order valence-electron chi connectivity index (χ1n) is 5.88. The Bertz CT molecular complexity index is 351. The predicted octanol–water partition coefficient (Wildman–Crippen LogP) is -0.366. The molecule has 2 amide bonds. The highest BCUT2D eigenvalue weighted by Gasteiger charge is 2.36. The van der Waals surface area contributed by atoms with Crippen LogP contribution in [0.2, 0.25) is 0 Å².